The van der Waals surface area contributed by atoms with Crippen LogP contribution in [0.25, 0.3) is 0 Å². The van der Waals surface area contributed by atoms with Crippen LogP contribution in [0.3, 0.4) is 0 Å². The standard InChI is InChI=1S/C19H32F3N5S.HI/c1-14-10-15(2)12-27(11-14)9-5-4-7-24-18(23-3)25-8-6-17-26-16(13-28-17)19(20,21)22;/h13-15H,4-12H2,1-3H3,(H2,23,24,25);1H. The van der Waals surface area contributed by atoms with Crippen molar-refractivity contribution >= 4 is 41.3 Å². The molecule has 0 bridgehead atoms. The summed E-state index contributed by atoms with van der Waals surface area (Å²) in [5, 5.41) is 7.93. The van der Waals surface area contributed by atoms with E-state index in [4.69, 9.17) is 0 Å². The number of nitrogens with zero attached hydrogens (tertiary/aromatic N) is 3. The molecule has 1 aliphatic heterocycles. The molecular weight excluding hydrogens is 514 g/mol. The van der Waals surface area contributed by atoms with Crippen LogP contribution in [-0.2, 0) is 12.6 Å². The maximum atomic E-state index is 12.6. The topological polar surface area (TPSA) is 52.6 Å². The van der Waals surface area contributed by atoms with E-state index in [9.17, 15) is 13.2 Å². The summed E-state index contributed by atoms with van der Waals surface area (Å²) in [4.78, 5) is 10.4. The van der Waals surface area contributed by atoms with Crippen LogP contribution < -0.4 is 10.6 Å². The number of aromatic nitrogens is 1. The summed E-state index contributed by atoms with van der Waals surface area (Å²) in [6.07, 6.45) is -0.403. The number of guanidine groups is 1. The highest BCUT2D eigenvalue weighted by atomic mass is 127. The van der Waals surface area contributed by atoms with E-state index < -0.39 is 11.9 Å². The van der Waals surface area contributed by atoms with Gasteiger partial charge in [-0.1, -0.05) is 13.8 Å². The van der Waals surface area contributed by atoms with E-state index in [2.05, 4.69) is 39.4 Å². The number of hydrogen-bond acceptors (Lipinski definition) is 4. The largest absolute Gasteiger partial charge is 0.434 e. The third kappa shape index (κ3) is 9.82. The summed E-state index contributed by atoms with van der Waals surface area (Å²) in [7, 11) is 1.69. The second-order valence-corrected chi connectivity index (χ2v) is 8.66. The van der Waals surface area contributed by atoms with Crippen molar-refractivity contribution in [1.82, 2.24) is 20.5 Å². The number of thiazole rings is 1. The van der Waals surface area contributed by atoms with Gasteiger partial charge in [-0.05, 0) is 37.6 Å². The lowest BCUT2D eigenvalue weighted by atomic mass is 9.92. The molecule has 1 saturated heterocycles. The average molecular weight is 547 g/mol. The molecule has 2 unspecified atom stereocenters. The predicted octanol–water partition coefficient (Wildman–Crippen LogP) is 4.25. The SMILES string of the molecule is CN=C(NCCCCN1CC(C)CC(C)C1)NCCc1nc(C(F)(F)F)cs1.I. The molecule has 2 heterocycles. The van der Waals surface area contributed by atoms with Crippen LogP contribution in [0.15, 0.2) is 10.4 Å². The molecule has 1 fully saturated rings. The predicted molar refractivity (Wildman–Crippen MR) is 124 cm³/mol. The Balaban J connectivity index is 0.00000420. The molecule has 1 aromatic heterocycles. The lowest BCUT2D eigenvalue weighted by Crippen LogP contribution is -2.40. The Bertz CT molecular complexity index is 613. The van der Waals surface area contributed by atoms with E-state index in [0.717, 1.165) is 54.5 Å². The maximum absolute atomic E-state index is 12.6. The number of piperidine rings is 1. The van der Waals surface area contributed by atoms with Gasteiger partial charge in [-0.25, -0.2) is 4.98 Å². The first-order chi connectivity index (χ1) is 13.3. The molecule has 2 N–H and O–H groups in total. The van der Waals surface area contributed by atoms with Crippen LogP contribution >= 0.6 is 35.3 Å². The van der Waals surface area contributed by atoms with Gasteiger partial charge in [0.2, 0.25) is 0 Å². The molecule has 2 rings (SSSR count). The van der Waals surface area contributed by atoms with Crippen molar-refractivity contribution in [2.75, 3.05) is 39.8 Å². The number of alkyl halides is 3. The van der Waals surface area contributed by atoms with Crippen LogP contribution in [-0.4, -0.2) is 55.6 Å². The summed E-state index contributed by atoms with van der Waals surface area (Å²) >= 11 is 1.04. The van der Waals surface area contributed by atoms with Gasteiger partial charge in [0.25, 0.3) is 0 Å². The Morgan fingerprint density at radius 3 is 2.45 bits per heavy atom. The van der Waals surface area contributed by atoms with E-state index in [1.807, 2.05) is 0 Å². The zero-order valence-electron chi connectivity index (χ0n) is 17.4. The van der Waals surface area contributed by atoms with Crippen LogP contribution in [0.4, 0.5) is 13.2 Å². The molecule has 29 heavy (non-hydrogen) atoms. The second-order valence-electron chi connectivity index (χ2n) is 7.71. The normalized spacial score (nSPS) is 21.0. The van der Waals surface area contributed by atoms with Gasteiger partial charge in [-0.2, -0.15) is 13.2 Å². The Morgan fingerprint density at radius 2 is 1.86 bits per heavy atom. The number of halogens is 4. The molecule has 0 saturated carbocycles. The second kappa shape index (κ2) is 12.9. The molecule has 1 aliphatic rings. The van der Waals surface area contributed by atoms with Crippen LogP contribution in [0, 0.1) is 11.8 Å². The molecule has 1 aromatic rings. The Kier molecular flexibility index (Phi) is 11.8. The van der Waals surface area contributed by atoms with Gasteiger partial charge in [0.1, 0.15) is 0 Å². The summed E-state index contributed by atoms with van der Waals surface area (Å²) in [6, 6.07) is 0. The highest BCUT2D eigenvalue weighted by Gasteiger charge is 2.33. The molecule has 0 aromatic carbocycles. The first-order valence-electron chi connectivity index (χ1n) is 9.96. The fourth-order valence-electron chi connectivity index (χ4n) is 3.71. The van der Waals surface area contributed by atoms with Gasteiger partial charge in [0.15, 0.2) is 11.7 Å². The lowest BCUT2D eigenvalue weighted by Gasteiger charge is -2.34. The van der Waals surface area contributed by atoms with Crippen LogP contribution in [0.2, 0.25) is 0 Å². The smallest absolute Gasteiger partial charge is 0.356 e. The first-order valence-corrected chi connectivity index (χ1v) is 10.8. The van der Waals surface area contributed by atoms with Gasteiger partial charge in [-0.15, -0.1) is 35.3 Å². The summed E-state index contributed by atoms with van der Waals surface area (Å²) < 4.78 is 37.7. The fraction of sp³-hybridized carbons (Fsp3) is 0.789. The van der Waals surface area contributed by atoms with E-state index >= 15 is 0 Å². The van der Waals surface area contributed by atoms with Crippen LogP contribution in [0.1, 0.15) is 43.8 Å². The lowest BCUT2D eigenvalue weighted by molar-refractivity contribution is -0.140. The quantitative estimate of drug-likeness (QED) is 0.221. The van der Waals surface area contributed by atoms with Crippen molar-refractivity contribution < 1.29 is 13.2 Å². The fourth-order valence-corrected chi connectivity index (χ4v) is 4.51. The Hall–Kier alpha value is -0.620. The third-order valence-electron chi connectivity index (χ3n) is 4.84. The van der Waals surface area contributed by atoms with Gasteiger partial charge in [0, 0.05) is 45.0 Å². The number of nitrogens with one attached hydrogen (secondary N) is 2. The summed E-state index contributed by atoms with van der Waals surface area (Å²) in [5.74, 6) is 2.25. The molecule has 0 aliphatic carbocycles. The zero-order chi connectivity index (χ0) is 20.6. The molecule has 0 amide bonds. The molecule has 0 spiro atoms. The van der Waals surface area contributed by atoms with Crippen molar-refractivity contribution in [3.63, 3.8) is 0 Å². The van der Waals surface area contributed by atoms with E-state index in [1.165, 1.54) is 19.5 Å². The van der Waals surface area contributed by atoms with Gasteiger partial charge >= 0.3 is 6.18 Å². The molecule has 2 atom stereocenters. The van der Waals surface area contributed by atoms with Gasteiger partial charge in [0.05, 0.1) is 5.01 Å². The number of rotatable bonds is 8. The van der Waals surface area contributed by atoms with Gasteiger partial charge in [-0.3, -0.25) is 4.99 Å². The number of aliphatic imine (C=N–C) groups is 1. The minimum absolute atomic E-state index is 0. The minimum Gasteiger partial charge on any atom is -0.356 e. The van der Waals surface area contributed by atoms with Crippen molar-refractivity contribution in [3.05, 3.63) is 16.1 Å². The van der Waals surface area contributed by atoms with Crippen molar-refractivity contribution in [2.24, 2.45) is 16.8 Å². The Morgan fingerprint density at radius 1 is 1.21 bits per heavy atom. The monoisotopic (exact) mass is 547 g/mol. The van der Waals surface area contributed by atoms with Gasteiger partial charge < -0.3 is 15.5 Å². The van der Waals surface area contributed by atoms with Crippen molar-refractivity contribution in [1.29, 1.82) is 0 Å². The molecule has 168 valence electrons. The van der Waals surface area contributed by atoms with E-state index in [0.29, 0.717) is 23.9 Å². The average Bonchev–Trinajstić information content (AvgIpc) is 3.08. The first kappa shape index (κ1) is 26.4. The molecule has 5 nitrogen and oxygen atoms in total. The zero-order valence-corrected chi connectivity index (χ0v) is 20.5. The molecule has 0 radical (unpaired) electrons. The third-order valence-corrected chi connectivity index (χ3v) is 5.74. The number of hydrogen-bond donors (Lipinski definition) is 2. The maximum Gasteiger partial charge on any atom is 0.434 e. The summed E-state index contributed by atoms with van der Waals surface area (Å²) in [6.45, 7) is 9.52. The highest BCUT2D eigenvalue weighted by Crippen LogP contribution is 2.30. The number of unbranched alkanes of at least 4 members (excludes halogenated alkanes) is 1. The van der Waals surface area contributed by atoms with E-state index in [-0.39, 0.29) is 24.0 Å². The molecular formula is C19H33F3IN5S. The minimum atomic E-state index is -4.37. The van der Waals surface area contributed by atoms with Crippen molar-refractivity contribution in [3.8, 4) is 0 Å². The van der Waals surface area contributed by atoms with Crippen molar-refractivity contribution in [2.45, 2.75) is 45.7 Å². The van der Waals surface area contributed by atoms with Crippen LogP contribution in [0.5, 0.6) is 0 Å². The Labute approximate surface area is 193 Å². The summed E-state index contributed by atoms with van der Waals surface area (Å²) in [5.41, 5.74) is -0.812. The number of likely N-dealkylation sites (tertiary alicyclic amines) is 1. The van der Waals surface area contributed by atoms with E-state index in [1.54, 1.807) is 7.05 Å². The highest BCUT2D eigenvalue weighted by molar-refractivity contribution is 14.0. The molecule has 10 heteroatoms.